The van der Waals surface area contributed by atoms with Crippen LogP contribution < -0.4 is 0 Å². The second kappa shape index (κ2) is 4.72. The summed E-state index contributed by atoms with van der Waals surface area (Å²) in [4.78, 5) is 11.8. The average molecular weight is 220 g/mol. The van der Waals surface area contributed by atoms with E-state index in [-0.39, 0.29) is 10.6 Å². The van der Waals surface area contributed by atoms with Gasteiger partial charge in [0.05, 0.1) is 0 Å². The molecule has 13 heavy (non-hydrogen) atoms. The van der Waals surface area contributed by atoms with Gasteiger partial charge in [-0.25, -0.2) is 9.97 Å². The van der Waals surface area contributed by atoms with Gasteiger partial charge in [-0.2, -0.15) is 4.98 Å². The topological polar surface area (TPSA) is 38.7 Å². The van der Waals surface area contributed by atoms with Crippen molar-refractivity contribution in [3.8, 4) is 0 Å². The molecule has 0 atom stereocenters. The van der Waals surface area contributed by atoms with E-state index in [0.717, 1.165) is 12.8 Å². The molecule has 0 radical (unpaired) electrons. The molecule has 0 spiro atoms. The molecule has 0 fully saturated rings. The highest BCUT2D eigenvalue weighted by molar-refractivity contribution is 6.30. The molecule has 0 aromatic carbocycles. The van der Waals surface area contributed by atoms with Gasteiger partial charge in [-0.05, 0) is 36.0 Å². The highest BCUT2D eigenvalue weighted by atomic mass is 35.5. The van der Waals surface area contributed by atoms with Crippen LogP contribution in [-0.4, -0.2) is 15.0 Å². The van der Waals surface area contributed by atoms with Crippen molar-refractivity contribution in [2.45, 2.75) is 32.6 Å². The van der Waals surface area contributed by atoms with Crippen LogP contribution in [0.2, 0.25) is 10.6 Å². The molecule has 0 saturated heterocycles. The van der Waals surface area contributed by atoms with Gasteiger partial charge in [0.15, 0.2) is 0 Å². The SMILES string of the molecule is CCC(CC)c1nc(Cl)nc(Cl)n1. The first kappa shape index (κ1) is 10.7. The summed E-state index contributed by atoms with van der Waals surface area (Å²) < 4.78 is 0. The van der Waals surface area contributed by atoms with Gasteiger partial charge >= 0.3 is 0 Å². The standard InChI is InChI=1S/C8H11Cl2N3/c1-3-5(4-2)6-11-7(9)13-8(10)12-6/h5H,3-4H2,1-2H3. The summed E-state index contributed by atoms with van der Waals surface area (Å²) in [7, 11) is 0. The molecule has 3 nitrogen and oxygen atoms in total. The molecule has 0 unspecified atom stereocenters. The smallest absolute Gasteiger partial charge is 0.202 e. The molecule has 72 valence electrons. The van der Waals surface area contributed by atoms with Crippen LogP contribution in [0.15, 0.2) is 0 Å². The number of hydrogen-bond donors (Lipinski definition) is 0. The molecule has 0 aliphatic rings. The Morgan fingerprint density at radius 3 is 1.85 bits per heavy atom. The normalized spacial score (nSPS) is 10.8. The molecule has 1 aromatic rings. The van der Waals surface area contributed by atoms with Crippen molar-refractivity contribution in [3.63, 3.8) is 0 Å². The fraction of sp³-hybridized carbons (Fsp3) is 0.625. The lowest BCUT2D eigenvalue weighted by atomic mass is 10.0. The summed E-state index contributed by atoms with van der Waals surface area (Å²) in [5.74, 6) is 1.01. The number of hydrogen-bond acceptors (Lipinski definition) is 3. The van der Waals surface area contributed by atoms with Crippen molar-refractivity contribution in [3.05, 3.63) is 16.4 Å². The van der Waals surface area contributed by atoms with E-state index in [1.165, 1.54) is 0 Å². The number of halogens is 2. The van der Waals surface area contributed by atoms with Crippen LogP contribution in [0.3, 0.4) is 0 Å². The van der Waals surface area contributed by atoms with E-state index < -0.39 is 0 Å². The molecule has 0 N–H and O–H groups in total. The zero-order chi connectivity index (χ0) is 9.84. The minimum Gasteiger partial charge on any atom is -0.202 e. The third-order valence-electron chi connectivity index (χ3n) is 1.95. The van der Waals surface area contributed by atoms with E-state index in [1.54, 1.807) is 0 Å². The lowest BCUT2D eigenvalue weighted by Gasteiger charge is -2.09. The Bertz CT molecular complexity index is 266. The molecule has 1 heterocycles. The Balaban J connectivity index is 2.99. The number of aromatic nitrogens is 3. The molecular formula is C8H11Cl2N3. The van der Waals surface area contributed by atoms with Gasteiger partial charge in [0.25, 0.3) is 0 Å². The van der Waals surface area contributed by atoms with Crippen LogP contribution in [-0.2, 0) is 0 Å². The predicted molar refractivity (Wildman–Crippen MR) is 53.2 cm³/mol. The van der Waals surface area contributed by atoms with E-state index in [1.807, 2.05) is 0 Å². The molecule has 0 saturated carbocycles. The van der Waals surface area contributed by atoms with Crippen LogP contribution in [0.1, 0.15) is 38.4 Å². The van der Waals surface area contributed by atoms with Gasteiger partial charge in [-0.3, -0.25) is 0 Å². The lowest BCUT2D eigenvalue weighted by Crippen LogP contribution is -2.04. The third-order valence-corrected chi connectivity index (χ3v) is 2.29. The van der Waals surface area contributed by atoms with Crippen molar-refractivity contribution >= 4 is 23.2 Å². The van der Waals surface area contributed by atoms with Crippen LogP contribution in [0.25, 0.3) is 0 Å². The van der Waals surface area contributed by atoms with Crippen LogP contribution in [0.5, 0.6) is 0 Å². The summed E-state index contributed by atoms with van der Waals surface area (Å²) in [5.41, 5.74) is 0. The van der Waals surface area contributed by atoms with E-state index in [0.29, 0.717) is 11.7 Å². The van der Waals surface area contributed by atoms with Crippen molar-refractivity contribution in [2.24, 2.45) is 0 Å². The van der Waals surface area contributed by atoms with Crippen LogP contribution in [0, 0.1) is 0 Å². The van der Waals surface area contributed by atoms with E-state index in [4.69, 9.17) is 23.2 Å². The monoisotopic (exact) mass is 219 g/mol. The van der Waals surface area contributed by atoms with E-state index in [2.05, 4.69) is 28.8 Å². The summed E-state index contributed by atoms with van der Waals surface area (Å²) >= 11 is 11.3. The third kappa shape index (κ3) is 2.78. The molecule has 0 bridgehead atoms. The zero-order valence-corrected chi connectivity index (χ0v) is 9.10. The minimum absolute atomic E-state index is 0.168. The number of rotatable bonds is 3. The van der Waals surface area contributed by atoms with Gasteiger partial charge in [0.1, 0.15) is 5.82 Å². The lowest BCUT2D eigenvalue weighted by molar-refractivity contribution is 0.598. The predicted octanol–water partition coefficient (Wildman–Crippen LogP) is 3.08. The molecule has 1 aromatic heterocycles. The maximum Gasteiger partial charge on any atom is 0.226 e. The summed E-state index contributed by atoms with van der Waals surface area (Å²) in [6, 6.07) is 0. The van der Waals surface area contributed by atoms with Crippen LogP contribution >= 0.6 is 23.2 Å². The summed E-state index contributed by atoms with van der Waals surface area (Å²) in [6.07, 6.45) is 1.96. The Labute approximate surface area is 87.5 Å². The fourth-order valence-corrected chi connectivity index (χ4v) is 1.55. The maximum absolute atomic E-state index is 5.66. The maximum atomic E-state index is 5.66. The summed E-state index contributed by atoms with van der Waals surface area (Å²) in [6.45, 7) is 4.17. The van der Waals surface area contributed by atoms with Crippen molar-refractivity contribution < 1.29 is 0 Å². The highest BCUT2D eigenvalue weighted by Crippen LogP contribution is 2.20. The van der Waals surface area contributed by atoms with Gasteiger partial charge in [-0.15, -0.1) is 0 Å². The van der Waals surface area contributed by atoms with Gasteiger partial charge in [0.2, 0.25) is 10.6 Å². The quantitative estimate of drug-likeness (QED) is 0.785. The van der Waals surface area contributed by atoms with Crippen LogP contribution in [0.4, 0.5) is 0 Å². The minimum atomic E-state index is 0.168. The molecule has 5 heteroatoms. The molecule has 0 aliphatic heterocycles. The molecular weight excluding hydrogens is 209 g/mol. The zero-order valence-electron chi connectivity index (χ0n) is 7.59. The Hall–Kier alpha value is -0.410. The van der Waals surface area contributed by atoms with Crippen molar-refractivity contribution in [2.75, 3.05) is 0 Å². The first-order valence-corrected chi connectivity index (χ1v) is 4.99. The van der Waals surface area contributed by atoms with Gasteiger partial charge in [0, 0.05) is 5.92 Å². The molecule has 0 aliphatic carbocycles. The first-order chi connectivity index (χ1) is 6.17. The Morgan fingerprint density at radius 1 is 1.00 bits per heavy atom. The molecule has 0 amide bonds. The molecule has 1 rings (SSSR count). The van der Waals surface area contributed by atoms with Crippen molar-refractivity contribution in [1.82, 2.24) is 15.0 Å². The van der Waals surface area contributed by atoms with E-state index >= 15 is 0 Å². The Kier molecular flexibility index (Phi) is 3.88. The second-order valence-electron chi connectivity index (χ2n) is 2.75. The van der Waals surface area contributed by atoms with Crippen molar-refractivity contribution in [1.29, 1.82) is 0 Å². The summed E-state index contributed by atoms with van der Waals surface area (Å²) in [5, 5.41) is 0.337. The van der Waals surface area contributed by atoms with E-state index in [9.17, 15) is 0 Å². The first-order valence-electron chi connectivity index (χ1n) is 4.24. The van der Waals surface area contributed by atoms with Gasteiger partial charge < -0.3 is 0 Å². The highest BCUT2D eigenvalue weighted by Gasteiger charge is 2.12. The second-order valence-corrected chi connectivity index (χ2v) is 3.42. The largest absolute Gasteiger partial charge is 0.226 e. The fourth-order valence-electron chi connectivity index (χ4n) is 1.18. The Morgan fingerprint density at radius 2 is 1.46 bits per heavy atom. The van der Waals surface area contributed by atoms with Gasteiger partial charge in [-0.1, -0.05) is 13.8 Å². The average Bonchev–Trinajstić information content (AvgIpc) is 2.04. The number of nitrogens with zero attached hydrogens (tertiary/aromatic N) is 3.